The van der Waals surface area contributed by atoms with Crippen molar-refractivity contribution in [3.8, 4) is 0 Å². The minimum Gasteiger partial charge on any atom is -0.463 e. The van der Waals surface area contributed by atoms with Gasteiger partial charge in [0.2, 0.25) is 0 Å². The van der Waals surface area contributed by atoms with Gasteiger partial charge in [0, 0.05) is 6.08 Å². The number of allylic oxidation sites excluding steroid dienone is 9. The van der Waals surface area contributed by atoms with Gasteiger partial charge in [-0.3, -0.25) is 0 Å². The van der Waals surface area contributed by atoms with E-state index >= 15 is 0 Å². The molecule has 0 aromatic carbocycles. The Labute approximate surface area is 134 Å². The van der Waals surface area contributed by atoms with Gasteiger partial charge in [-0.15, -0.1) is 0 Å². The van der Waals surface area contributed by atoms with Crippen LogP contribution in [0, 0.1) is 0 Å². The third kappa shape index (κ3) is 6.75. The van der Waals surface area contributed by atoms with Crippen molar-refractivity contribution in [3.63, 3.8) is 0 Å². The molecule has 0 saturated heterocycles. The Hall–Kier alpha value is -1.83. The van der Waals surface area contributed by atoms with Crippen LogP contribution in [-0.4, -0.2) is 12.6 Å². The molecule has 0 aliphatic heterocycles. The topological polar surface area (TPSA) is 26.3 Å². The van der Waals surface area contributed by atoms with Gasteiger partial charge in [0.15, 0.2) is 0 Å². The van der Waals surface area contributed by atoms with Crippen LogP contribution in [0.25, 0.3) is 0 Å². The first kappa shape index (κ1) is 18.2. The maximum absolute atomic E-state index is 11.3. The van der Waals surface area contributed by atoms with E-state index in [1.165, 1.54) is 48.5 Å². The van der Waals surface area contributed by atoms with Crippen LogP contribution in [0.1, 0.15) is 53.4 Å². The average Bonchev–Trinajstić information content (AvgIpc) is 2.47. The lowest BCUT2D eigenvalue weighted by molar-refractivity contribution is -0.137. The molecule has 1 fully saturated rings. The number of esters is 1. The summed E-state index contributed by atoms with van der Waals surface area (Å²) < 4.78 is 4.88. The zero-order chi connectivity index (χ0) is 16.4. The lowest BCUT2D eigenvalue weighted by Crippen LogP contribution is -1.99. The molecule has 0 N–H and O–H groups in total. The molecule has 0 radical (unpaired) electrons. The number of hydrogen-bond donors (Lipinski definition) is 0. The maximum atomic E-state index is 11.3. The van der Waals surface area contributed by atoms with E-state index in [2.05, 4.69) is 32.1 Å². The van der Waals surface area contributed by atoms with Crippen LogP contribution in [0.5, 0.6) is 0 Å². The Morgan fingerprint density at radius 2 is 1.82 bits per heavy atom. The first-order valence-corrected chi connectivity index (χ1v) is 8.13. The summed E-state index contributed by atoms with van der Waals surface area (Å²) in [6.07, 6.45) is 17.0. The molecule has 22 heavy (non-hydrogen) atoms. The number of ether oxygens (including phenoxy) is 1. The summed E-state index contributed by atoms with van der Waals surface area (Å²) in [7, 11) is 0. The largest absolute Gasteiger partial charge is 0.463 e. The van der Waals surface area contributed by atoms with Gasteiger partial charge < -0.3 is 4.74 Å². The Morgan fingerprint density at radius 1 is 1.14 bits per heavy atom. The highest BCUT2D eigenvalue weighted by Gasteiger charge is 2.10. The van der Waals surface area contributed by atoms with E-state index in [4.69, 9.17) is 4.74 Å². The molecular weight excluding hydrogens is 272 g/mol. The van der Waals surface area contributed by atoms with Crippen molar-refractivity contribution in [3.05, 3.63) is 58.7 Å². The molecular formula is C20H28O2. The van der Waals surface area contributed by atoms with Crippen LogP contribution in [0.15, 0.2) is 58.7 Å². The lowest BCUT2D eigenvalue weighted by Gasteiger charge is -2.18. The summed E-state index contributed by atoms with van der Waals surface area (Å²) in [4.78, 5) is 11.3. The second-order valence-electron chi connectivity index (χ2n) is 5.60. The SMILES string of the molecule is C\C=C1/CCCC/C1=C\C(C)=C\C=C\C(C)=C/C(=O)OCC. The Kier molecular flexibility index (Phi) is 8.27. The molecule has 2 nitrogen and oxygen atoms in total. The molecule has 0 aromatic heterocycles. The highest BCUT2D eigenvalue weighted by molar-refractivity contribution is 5.83. The summed E-state index contributed by atoms with van der Waals surface area (Å²) >= 11 is 0. The van der Waals surface area contributed by atoms with Crippen molar-refractivity contribution < 1.29 is 9.53 Å². The quantitative estimate of drug-likeness (QED) is 0.383. The second-order valence-corrected chi connectivity index (χ2v) is 5.60. The molecule has 0 unspecified atom stereocenters. The van der Waals surface area contributed by atoms with E-state index in [9.17, 15) is 4.79 Å². The van der Waals surface area contributed by atoms with Gasteiger partial charge in [-0.2, -0.15) is 0 Å². The number of carbonyl (C=O) groups excluding carboxylic acids is 1. The molecule has 0 aromatic rings. The van der Waals surface area contributed by atoms with Crippen LogP contribution in [0.4, 0.5) is 0 Å². The molecule has 0 heterocycles. The molecule has 0 spiro atoms. The summed E-state index contributed by atoms with van der Waals surface area (Å²) in [6, 6.07) is 0. The highest BCUT2D eigenvalue weighted by Crippen LogP contribution is 2.29. The van der Waals surface area contributed by atoms with E-state index in [1.807, 2.05) is 19.1 Å². The van der Waals surface area contributed by atoms with Gasteiger partial charge in [-0.05, 0) is 70.1 Å². The summed E-state index contributed by atoms with van der Waals surface area (Å²) in [5.74, 6) is -0.285. The second kappa shape index (κ2) is 9.99. The van der Waals surface area contributed by atoms with Crippen molar-refractivity contribution in [2.45, 2.75) is 53.4 Å². The third-order valence-corrected chi connectivity index (χ3v) is 3.66. The van der Waals surface area contributed by atoms with Crippen LogP contribution in [-0.2, 0) is 9.53 Å². The van der Waals surface area contributed by atoms with Crippen LogP contribution < -0.4 is 0 Å². The molecule has 0 atom stereocenters. The van der Waals surface area contributed by atoms with Crippen molar-refractivity contribution in [1.82, 2.24) is 0 Å². The molecule has 0 bridgehead atoms. The van der Waals surface area contributed by atoms with Crippen LogP contribution in [0.3, 0.4) is 0 Å². The van der Waals surface area contributed by atoms with Gasteiger partial charge >= 0.3 is 5.97 Å². The zero-order valence-electron chi connectivity index (χ0n) is 14.3. The summed E-state index contributed by atoms with van der Waals surface area (Å²) in [5.41, 5.74) is 5.08. The fraction of sp³-hybridized carbons (Fsp3) is 0.450. The normalized spacial score (nSPS) is 20.9. The van der Waals surface area contributed by atoms with Gasteiger partial charge in [0.1, 0.15) is 0 Å². The van der Waals surface area contributed by atoms with Crippen molar-refractivity contribution in [2.24, 2.45) is 0 Å². The highest BCUT2D eigenvalue weighted by atomic mass is 16.5. The minimum absolute atomic E-state index is 0.285. The number of carbonyl (C=O) groups is 1. The van der Waals surface area contributed by atoms with E-state index in [0.717, 1.165) is 5.57 Å². The third-order valence-electron chi connectivity index (χ3n) is 3.66. The van der Waals surface area contributed by atoms with E-state index in [-0.39, 0.29) is 5.97 Å². The zero-order valence-corrected chi connectivity index (χ0v) is 14.3. The predicted octanol–water partition coefficient (Wildman–Crippen LogP) is 5.45. The Balaban J connectivity index is 2.69. The smallest absolute Gasteiger partial charge is 0.330 e. The van der Waals surface area contributed by atoms with Crippen molar-refractivity contribution in [2.75, 3.05) is 6.61 Å². The van der Waals surface area contributed by atoms with Gasteiger partial charge in [-0.25, -0.2) is 4.79 Å². The first-order chi connectivity index (χ1) is 10.6. The minimum atomic E-state index is -0.285. The fourth-order valence-corrected chi connectivity index (χ4v) is 2.54. The predicted molar refractivity (Wildman–Crippen MR) is 93.6 cm³/mol. The molecule has 1 saturated carbocycles. The van der Waals surface area contributed by atoms with Gasteiger partial charge in [0.25, 0.3) is 0 Å². The molecule has 120 valence electrons. The monoisotopic (exact) mass is 300 g/mol. The molecule has 1 aliphatic carbocycles. The molecule has 1 rings (SSSR count). The van der Waals surface area contributed by atoms with Crippen molar-refractivity contribution >= 4 is 5.97 Å². The molecule has 0 amide bonds. The van der Waals surface area contributed by atoms with E-state index in [1.54, 1.807) is 6.92 Å². The number of hydrogen-bond acceptors (Lipinski definition) is 2. The van der Waals surface area contributed by atoms with Crippen LogP contribution in [0.2, 0.25) is 0 Å². The maximum Gasteiger partial charge on any atom is 0.330 e. The average molecular weight is 300 g/mol. The van der Waals surface area contributed by atoms with Gasteiger partial charge in [0.05, 0.1) is 6.61 Å². The Morgan fingerprint density at radius 3 is 2.45 bits per heavy atom. The lowest BCUT2D eigenvalue weighted by atomic mass is 9.88. The van der Waals surface area contributed by atoms with Crippen LogP contribution >= 0.6 is 0 Å². The molecule has 2 heteroatoms. The number of rotatable bonds is 5. The Bertz CT molecular complexity index is 528. The first-order valence-electron chi connectivity index (χ1n) is 8.13. The van der Waals surface area contributed by atoms with E-state index in [0.29, 0.717) is 6.61 Å². The molecule has 1 aliphatic rings. The van der Waals surface area contributed by atoms with Crippen molar-refractivity contribution in [1.29, 1.82) is 0 Å². The van der Waals surface area contributed by atoms with Gasteiger partial charge in [-0.1, -0.05) is 36.0 Å². The summed E-state index contributed by atoms with van der Waals surface area (Å²) in [5, 5.41) is 0. The standard InChI is InChI=1S/C20H28O2/c1-5-18-12-7-8-13-19(18)14-16(3)10-9-11-17(4)15-20(21)22-6-2/h5,9-11,14-15H,6-8,12-13H2,1-4H3/b11-9+,16-10+,17-15-,18-5+,19-14+. The van der Waals surface area contributed by atoms with E-state index < -0.39 is 0 Å². The fourth-order valence-electron chi connectivity index (χ4n) is 2.54. The summed E-state index contributed by atoms with van der Waals surface area (Å²) in [6.45, 7) is 8.35.